The maximum absolute atomic E-state index is 6.02. The molecule has 21 aromatic carbocycles. The first-order valence-corrected chi connectivity index (χ1v) is 49.2. The van der Waals surface area contributed by atoms with Gasteiger partial charge in [0.1, 0.15) is 0 Å². The summed E-state index contributed by atoms with van der Waals surface area (Å²) in [7, 11) is 0. The number of nitrogens with zero attached hydrogens (tertiary/aromatic N) is 14. The summed E-state index contributed by atoms with van der Waals surface area (Å²) in [5.41, 5.74) is 28.3. The largest absolute Gasteiger partial charge is 0.353 e. The van der Waals surface area contributed by atoms with Gasteiger partial charge in [0.2, 0.25) is 17.8 Å². The Morgan fingerprint density at radius 3 is 1.01 bits per heavy atom. The van der Waals surface area contributed by atoms with Gasteiger partial charge in [-0.1, -0.05) is 322 Å². The van der Waals surface area contributed by atoms with E-state index in [2.05, 4.69) is 496 Å². The molecule has 11 heterocycles. The molecule has 0 radical (unpaired) electrons. The lowest BCUT2D eigenvalue weighted by Gasteiger charge is -2.16. The molecule has 0 fully saturated rings. The van der Waals surface area contributed by atoms with Crippen LogP contribution in [0.4, 0.5) is 0 Å². The molecule has 0 saturated heterocycles. The number of H-pyrrole nitrogens is 1. The van der Waals surface area contributed by atoms with Gasteiger partial charge in [0.25, 0.3) is 0 Å². The normalized spacial score (nSPS) is 12.3. The Kier molecular flexibility index (Phi) is 16.5. The highest BCUT2D eigenvalue weighted by atomic mass is 15.3. The van der Waals surface area contributed by atoms with Crippen molar-refractivity contribution in [2.75, 3.05) is 0 Å². The van der Waals surface area contributed by atoms with Crippen LogP contribution in [-0.2, 0) is 0 Å². The number of hydrogen-bond donors (Lipinski definition) is 1. The van der Waals surface area contributed by atoms with Crippen molar-refractivity contribution in [1.29, 1.82) is 0 Å². The summed E-state index contributed by atoms with van der Waals surface area (Å²) in [6.45, 7) is 0. The summed E-state index contributed by atoms with van der Waals surface area (Å²) in [6.07, 6.45) is 0. The molecule has 0 unspecified atom stereocenters. The molecule has 0 atom stereocenters. The smallest absolute Gasteiger partial charge is 0.240 e. The van der Waals surface area contributed by atoms with Gasteiger partial charge in [0.05, 0.1) is 93.8 Å². The van der Waals surface area contributed by atoms with E-state index in [1.165, 1.54) is 26.9 Å². The van der Waals surface area contributed by atoms with Crippen LogP contribution in [0, 0.1) is 0 Å². The quantitative estimate of drug-likeness (QED) is 0.130. The Balaban J connectivity index is 0.638. The van der Waals surface area contributed by atoms with Crippen LogP contribution in [0.25, 0.3) is 299 Å². The van der Waals surface area contributed by atoms with Crippen LogP contribution in [0.3, 0.4) is 0 Å². The van der Waals surface area contributed by atoms with Gasteiger partial charge in [0, 0.05) is 148 Å². The Morgan fingerprint density at radius 2 is 0.497 bits per heavy atom. The fourth-order valence-electron chi connectivity index (χ4n) is 24.3. The van der Waals surface area contributed by atoms with Gasteiger partial charge in [-0.2, -0.15) is 24.9 Å². The van der Waals surface area contributed by atoms with Crippen LogP contribution in [0.5, 0.6) is 0 Å². The van der Waals surface area contributed by atoms with Gasteiger partial charge in [-0.25, -0.2) is 4.98 Å². The van der Waals surface area contributed by atoms with Crippen molar-refractivity contribution in [3.05, 3.63) is 461 Å². The summed E-state index contributed by atoms with van der Waals surface area (Å²) in [6, 6.07) is 167. The minimum absolute atomic E-state index is 0.453. The molecule has 1 N–H and O–H groups in total. The second-order valence-electron chi connectivity index (χ2n) is 38.1. The molecule has 15 nitrogen and oxygen atoms in total. The molecule has 0 aliphatic carbocycles. The lowest BCUT2D eigenvalue weighted by atomic mass is 9.95. The second kappa shape index (κ2) is 30.3. The molecule has 0 bridgehead atoms. The molecule has 672 valence electrons. The predicted molar refractivity (Wildman–Crippen MR) is 597 cm³/mol. The fraction of sp³-hybridized carbons (Fsp3) is 0. The predicted octanol–water partition coefficient (Wildman–Crippen LogP) is 32.3. The summed E-state index contributed by atoms with van der Waals surface area (Å²) in [4.78, 5) is 38.9. The van der Waals surface area contributed by atoms with E-state index in [1.54, 1.807) is 0 Å². The van der Waals surface area contributed by atoms with Crippen molar-refractivity contribution in [2.24, 2.45) is 0 Å². The standard InChI is InChI=1S/C130H77N15/c1-5-33-78(34-6-1)125-132-126(134-128(133-125)143-114-70-62-86(141-109-55-26-16-45-89(109)96-65-64-95-88-44-15-23-52-106(88)131-117(95)118(96)141)74-103(114)104-75-87(63-71-115(104)143)142-110-56-27-19-48-92(110)98-67-66-97-90-46-17-24-53-107(90)138(119(97)120(98)142)83-38-7-2-8-39-83)81-37-31-36-80(73-81)102-76-105-94-50-21-29-58-112(94)145(123(105)124-116(102)101-51-22-30-59-113(101)140(124)85-42-11-4-12-43-85)130-136-127(82-61-60-77-32-13-14-35-79(77)72-82)135-129(137-130)144-111-57-28-20-49-93(111)100-69-68-99-91-47-18-25-54-108(91)139(121(99)122(100)144)84-40-9-3-10-41-84/h1-76,131H. The third kappa shape index (κ3) is 11.4. The molecule has 15 heteroatoms. The van der Waals surface area contributed by atoms with Gasteiger partial charge in [0.15, 0.2) is 17.5 Å². The van der Waals surface area contributed by atoms with E-state index < -0.39 is 0 Å². The minimum Gasteiger partial charge on any atom is -0.353 e. The van der Waals surface area contributed by atoms with Gasteiger partial charge >= 0.3 is 0 Å². The first kappa shape index (κ1) is 79.1. The van der Waals surface area contributed by atoms with Crippen molar-refractivity contribution < 1.29 is 0 Å². The molecular weight excluding hydrogens is 1770 g/mol. The average Bonchev–Trinajstić information content (AvgIpc) is 1.54. The van der Waals surface area contributed by atoms with E-state index >= 15 is 0 Å². The molecular formula is C130H77N15. The zero-order chi connectivity index (χ0) is 94.5. The number of para-hydroxylation sites is 11. The number of aromatic amines is 1. The molecule has 32 rings (SSSR count). The number of aromatic nitrogens is 15. The van der Waals surface area contributed by atoms with Crippen LogP contribution in [0.1, 0.15) is 0 Å². The third-order valence-electron chi connectivity index (χ3n) is 30.4. The summed E-state index contributed by atoms with van der Waals surface area (Å²) in [5, 5.41) is 22.1. The van der Waals surface area contributed by atoms with E-state index in [0.717, 1.165) is 236 Å². The summed E-state index contributed by atoms with van der Waals surface area (Å²) >= 11 is 0. The molecule has 0 amide bonds. The van der Waals surface area contributed by atoms with Gasteiger partial charge in [-0.15, -0.1) is 0 Å². The molecule has 11 aromatic heterocycles. The van der Waals surface area contributed by atoms with E-state index in [1.807, 2.05) is 6.07 Å². The van der Waals surface area contributed by atoms with Gasteiger partial charge in [-0.05, 0) is 161 Å². The van der Waals surface area contributed by atoms with Gasteiger partial charge in [-0.3, -0.25) is 13.7 Å². The maximum atomic E-state index is 6.02. The number of hydrogen-bond acceptors (Lipinski definition) is 6. The van der Waals surface area contributed by atoms with E-state index in [4.69, 9.17) is 29.9 Å². The summed E-state index contributed by atoms with van der Waals surface area (Å²) < 4.78 is 19.2. The highest BCUT2D eigenvalue weighted by Gasteiger charge is 2.32. The lowest BCUT2D eigenvalue weighted by molar-refractivity contribution is 0.893. The molecule has 32 aromatic rings. The van der Waals surface area contributed by atoms with Crippen molar-refractivity contribution in [3.63, 3.8) is 0 Å². The van der Waals surface area contributed by atoms with Gasteiger partial charge < -0.3 is 27.8 Å². The van der Waals surface area contributed by atoms with Crippen molar-refractivity contribution >= 4 is 207 Å². The average molecular weight is 1850 g/mol. The first-order valence-electron chi connectivity index (χ1n) is 49.2. The zero-order valence-electron chi connectivity index (χ0n) is 77.6. The van der Waals surface area contributed by atoms with Crippen LogP contribution >= 0.6 is 0 Å². The van der Waals surface area contributed by atoms with Crippen LogP contribution < -0.4 is 0 Å². The molecule has 145 heavy (non-hydrogen) atoms. The monoisotopic (exact) mass is 1850 g/mol. The van der Waals surface area contributed by atoms with E-state index in [9.17, 15) is 0 Å². The first-order chi connectivity index (χ1) is 72.0. The minimum atomic E-state index is 0.453. The number of benzene rings is 21. The Bertz CT molecular complexity index is 11200. The Morgan fingerprint density at radius 1 is 0.159 bits per heavy atom. The number of rotatable bonds is 12. The van der Waals surface area contributed by atoms with Crippen molar-refractivity contribution in [3.8, 4) is 91.6 Å². The highest BCUT2D eigenvalue weighted by molar-refractivity contribution is 6.31. The van der Waals surface area contributed by atoms with E-state index in [-0.39, 0.29) is 0 Å². The zero-order valence-corrected chi connectivity index (χ0v) is 77.6. The van der Waals surface area contributed by atoms with E-state index in [0.29, 0.717) is 35.3 Å². The van der Waals surface area contributed by atoms with Crippen LogP contribution in [0.15, 0.2) is 461 Å². The summed E-state index contributed by atoms with van der Waals surface area (Å²) in [5.74, 6) is 2.94. The highest BCUT2D eigenvalue weighted by Crippen LogP contribution is 2.52. The van der Waals surface area contributed by atoms with Crippen LogP contribution in [-0.4, -0.2) is 71.4 Å². The maximum Gasteiger partial charge on any atom is 0.240 e. The third-order valence-corrected chi connectivity index (χ3v) is 30.4. The molecule has 0 aliphatic heterocycles. The number of nitrogens with one attached hydrogen (secondary N) is 1. The molecule has 0 spiro atoms. The molecule has 0 aliphatic rings. The molecule has 0 saturated carbocycles. The van der Waals surface area contributed by atoms with Crippen molar-refractivity contribution in [1.82, 2.24) is 71.4 Å². The number of fused-ring (bicyclic) bond motifs is 32. The lowest BCUT2D eigenvalue weighted by Crippen LogP contribution is -2.11. The Labute approximate surface area is 825 Å². The topological polar surface area (TPSA) is 133 Å². The second-order valence-corrected chi connectivity index (χ2v) is 38.1. The van der Waals surface area contributed by atoms with Crippen LogP contribution in [0.2, 0.25) is 0 Å². The SMILES string of the molecule is c1ccc(-c2nc(-c3cccc(-c4cc5c6ccccc6n(-c6nc(-c7ccc8ccccc8c7)nc(-n7c8ccccc8c8ccc9c%10ccccc%10n(-c%10ccccc%10)c9c87)n6)c5c5c4c4ccccc4n5-c4ccccc4)c3)nc(-n3c4ccc(-n5c6ccccc6c6ccc7c8ccccc8[nH]c7c65)cc4c4cc(-n5c6ccccc6c6ccc7c8ccccc8n(-c8ccccc8)c7c65)ccc43)n2)cc1. The Hall–Kier alpha value is -19.9. The fourth-order valence-corrected chi connectivity index (χ4v) is 24.3. The van der Waals surface area contributed by atoms with Crippen molar-refractivity contribution in [2.45, 2.75) is 0 Å².